The summed E-state index contributed by atoms with van der Waals surface area (Å²) < 4.78 is 14.6. The third kappa shape index (κ3) is 2.35. The van der Waals surface area contributed by atoms with E-state index in [1.165, 1.54) is 11.1 Å². The SMILES string of the molecule is FC1(CN2Cc3ccccc3C2)CCNCC1. The largest absolute Gasteiger partial charge is 0.316 e. The molecule has 3 rings (SSSR count). The number of halogens is 1. The molecule has 0 aromatic heterocycles. The predicted molar refractivity (Wildman–Crippen MR) is 66.5 cm³/mol. The maximum atomic E-state index is 14.6. The van der Waals surface area contributed by atoms with Crippen LogP contribution in [0.25, 0.3) is 0 Å². The van der Waals surface area contributed by atoms with E-state index in [-0.39, 0.29) is 0 Å². The second kappa shape index (κ2) is 4.39. The van der Waals surface area contributed by atoms with Crippen LogP contribution in [0, 0.1) is 0 Å². The van der Waals surface area contributed by atoms with Crippen molar-refractivity contribution < 1.29 is 4.39 Å². The lowest BCUT2D eigenvalue weighted by atomic mass is 9.94. The summed E-state index contributed by atoms with van der Waals surface area (Å²) in [5, 5.41) is 3.22. The number of nitrogens with one attached hydrogen (secondary N) is 1. The Kier molecular flexibility index (Phi) is 2.89. The van der Waals surface area contributed by atoms with Gasteiger partial charge in [0.15, 0.2) is 0 Å². The van der Waals surface area contributed by atoms with Crippen LogP contribution in [0.4, 0.5) is 4.39 Å². The molecule has 17 heavy (non-hydrogen) atoms. The molecule has 92 valence electrons. The molecule has 3 heteroatoms. The number of nitrogens with zero attached hydrogens (tertiary/aromatic N) is 1. The van der Waals surface area contributed by atoms with Gasteiger partial charge in [-0.3, -0.25) is 4.90 Å². The molecule has 1 saturated heterocycles. The van der Waals surface area contributed by atoms with Crippen LogP contribution < -0.4 is 5.32 Å². The minimum absolute atomic E-state index is 0.587. The van der Waals surface area contributed by atoms with Crippen LogP contribution in [0.1, 0.15) is 24.0 Å². The first-order valence-corrected chi connectivity index (χ1v) is 6.44. The van der Waals surface area contributed by atoms with Gasteiger partial charge in [0.1, 0.15) is 5.67 Å². The summed E-state index contributed by atoms with van der Waals surface area (Å²) in [5.41, 5.74) is 1.75. The summed E-state index contributed by atoms with van der Waals surface area (Å²) in [7, 11) is 0. The number of hydrogen-bond donors (Lipinski definition) is 1. The van der Waals surface area contributed by atoms with Gasteiger partial charge in [0.2, 0.25) is 0 Å². The third-order valence-electron chi connectivity index (χ3n) is 3.91. The van der Waals surface area contributed by atoms with Crippen LogP contribution in [0.2, 0.25) is 0 Å². The van der Waals surface area contributed by atoms with Crippen molar-refractivity contribution in [1.29, 1.82) is 0 Å². The van der Waals surface area contributed by atoms with E-state index in [0.29, 0.717) is 19.4 Å². The Bertz CT molecular complexity index is 374. The maximum Gasteiger partial charge on any atom is 0.126 e. The van der Waals surface area contributed by atoms with Crippen molar-refractivity contribution >= 4 is 0 Å². The van der Waals surface area contributed by atoms with Gasteiger partial charge in [0.05, 0.1) is 0 Å². The molecule has 1 aromatic carbocycles. The normalized spacial score (nSPS) is 23.6. The fourth-order valence-electron chi connectivity index (χ4n) is 2.95. The summed E-state index contributed by atoms with van der Waals surface area (Å²) in [6.45, 7) is 4.04. The Morgan fingerprint density at radius 3 is 2.29 bits per heavy atom. The third-order valence-corrected chi connectivity index (χ3v) is 3.91. The van der Waals surface area contributed by atoms with Crippen molar-refractivity contribution in [3.05, 3.63) is 35.4 Å². The molecule has 2 aliphatic rings. The van der Waals surface area contributed by atoms with Gasteiger partial charge in [-0.1, -0.05) is 24.3 Å². The zero-order valence-corrected chi connectivity index (χ0v) is 10.1. The van der Waals surface area contributed by atoms with Gasteiger partial charge in [-0.15, -0.1) is 0 Å². The van der Waals surface area contributed by atoms with Crippen LogP contribution in [-0.2, 0) is 13.1 Å². The van der Waals surface area contributed by atoms with Crippen LogP contribution in [0.15, 0.2) is 24.3 Å². The monoisotopic (exact) mass is 234 g/mol. The van der Waals surface area contributed by atoms with Gasteiger partial charge in [-0.05, 0) is 37.1 Å². The van der Waals surface area contributed by atoms with Crippen molar-refractivity contribution in [3.63, 3.8) is 0 Å². The second-order valence-electron chi connectivity index (χ2n) is 5.31. The first-order valence-electron chi connectivity index (χ1n) is 6.44. The van der Waals surface area contributed by atoms with E-state index in [0.717, 1.165) is 26.2 Å². The Morgan fingerprint density at radius 2 is 1.71 bits per heavy atom. The van der Waals surface area contributed by atoms with E-state index < -0.39 is 5.67 Å². The quantitative estimate of drug-likeness (QED) is 0.843. The molecule has 1 aromatic rings. The van der Waals surface area contributed by atoms with Crippen LogP contribution in [0.3, 0.4) is 0 Å². The second-order valence-corrected chi connectivity index (χ2v) is 5.31. The lowest BCUT2D eigenvalue weighted by molar-refractivity contribution is 0.0603. The lowest BCUT2D eigenvalue weighted by Crippen LogP contribution is -2.45. The highest BCUT2D eigenvalue weighted by molar-refractivity contribution is 5.30. The molecule has 2 nitrogen and oxygen atoms in total. The summed E-state index contributed by atoms with van der Waals surface area (Å²) in [6.07, 6.45) is 1.31. The Morgan fingerprint density at radius 1 is 1.12 bits per heavy atom. The lowest BCUT2D eigenvalue weighted by Gasteiger charge is -2.33. The van der Waals surface area contributed by atoms with Gasteiger partial charge in [0.25, 0.3) is 0 Å². The zero-order valence-electron chi connectivity index (χ0n) is 10.1. The Balaban J connectivity index is 1.65. The molecule has 0 atom stereocenters. The molecule has 0 bridgehead atoms. The van der Waals surface area contributed by atoms with E-state index in [1.807, 2.05) is 0 Å². The van der Waals surface area contributed by atoms with Gasteiger partial charge < -0.3 is 5.32 Å². The van der Waals surface area contributed by atoms with Gasteiger partial charge in [-0.2, -0.15) is 0 Å². The molecule has 0 saturated carbocycles. The molecule has 0 unspecified atom stereocenters. The van der Waals surface area contributed by atoms with Crippen molar-refractivity contribution in [2.24, 2.45) is 0 Å². The highest BCUT2D eigenvalue weighted by Gasteiger charge is 2.35. The first-order chi connectivity index (χ1) is 8.25. The van der Waals surface area contributed by atoms with Crippen LogP contribution in [-0.4, -0.2) is 30.2 Å². The van der Waals surface area contributed by atoms with Crippen LogP contribution in [0.5, 0.6) is 0 Å². The smallest absolute Gasteiger partial charge is 0.126 e. The van der Waals surface area contributed by atoms with E-state index in [4.69, 9.17) is 0 Å². The fraction of sp³-hybridized carbons (Fsp3) is 0.571. The number of piperidine rings is 1. The number of benzene rings is 1. The summed E-state index contributed by atoms with van der Waals surface area (Å²) in [5.74, 6) is 0. The minimum atomic E-state index is -0.979. The standard InChI is InChI=1S/C14H19FN2/c15-14(5-7-16-8-6-14)11-17-9-12-3-1-2-4-13(12)10-17/h1-4,16H,5-11H2. The molecule has 0 spiro atoms. The molecule has 0 radical (unpaired) electrons. The molecule has 1 fully saturated rings. The van der Waals surface area contributed by atoms with Gasteiger partial charge >= 0.3 is 0 Å². The fourth-order valence-corrected chi connectivity index (χ4v) is 2.95. The first kappa shape index (κ1) is 11.2. The molecule has 2 aliphatic heterocycles. The number of alkyl halides is 1. The summed E-state index contributed by atoms with van der Waals surface area (Å²) >= 11 is 0. The average Bonchev–Trinajstić information content (AvgIpc) is 2.71. The van der Waals surface area contributed by atoms with Gasteiger partial charge in [-0.25, -0.2) is 4.39 Å². The molecule has 0 amide bonds. The van der Waals surface area contributed by atoms with E-state index in [1.54, 1.807) is 0 Å². The minimum Gasteiger partial charge on any atom is -0.316 e. The van der Waals surface area contributed by atoms with Crippen molar-refractivity contribution in [2.75, 3.05) is 19.6 Å². The summed E-state index contributed by atoms with van der Waals surface area (Å²) in [6, 6.07) is 8.45. The molecule has 0 aliphatic carbocycles. The van der Waals surface area contributed by atoms with Crippen LogP contribution >= 0.6 is 0 Å². The molecule has 1 N–H and O–H groups in total. The molecule has 2 heterocycles. The van der Waals surface area contributed by atoms with Crippen molar-refractivity contribution in [3.8, 4) is 0 Å². The highest BCUT2D eigenvalue weighted by atomic mass is 19.1. The molecular weight excluding hydrogens is 215 g/mol. The maximum absolute atomic E-state index is 14.6. The number of hydrogen-bond acceptors (Lipinski definition) is 2. The van der Waals surface area contributed by atoms with Crippen molar-refractivity contribution in [2.45, 2.75) is 31.6 Å². The topological polar surface area (TPSA) is 15.3 Å². The number of rotatable bonds is 2. The molecular formula is C14H19FN2. The van der Waals surface area contributed by atoms with E-state index in [2.05, 4.69) is 34.5 Å². The predicted octanol–water partition coefficient (Wildman–Crippen LogP) is 2.09. The Hall–Kier alpha value is -0.930. The van der Waals surface area contributed by atoms with Crippen molar-refractivity contribution in [1.82, 2.24) is 10.2 Å². The average molecular weight is 234 g/mol. The van der Waals surface area contributed by atoms with Gasteiger partial charge in [0, 0.05) is 19.6 Å². The Labute approximate surface area is 102 Å². The van der Waals surface area contributed by atoms with E-state index >= 15 is 0 Å². The van der Waals surface area contributed by atoms with E-state index in [9.17, 15) is 4.39 Å². The summed E-state index contributed by atoms with van der Waals surface area (Å²) in [4.78, 5) is 2.25. The highest BCUT2D eigenvalue weighted by Crippen LogP contribution is 2.29. The zero-order chi connectivity index (χ0) is 11.7. The number of fused-ring (bicyclic) bond motifs is 1.